The fourth-order valence-corrected chi connectivity index (χ4v) is 3.27. The predicted octanol–water partition coefficient (Wildman–Crippen LogP) is 5.51. The highest BCUT2D eigenvalue weighted by Crippen LogP contribution is 2.32. The van der Waals surface area contributed by atoms with Crippen molar-refractivity contribution in [3.63, 3.8) is 0 Å². The average molecular weight is 384 g/mol. The van der Waals surface area contributed by atoms with E-state index < -0.39 is 0 Å². The third-order valence-electron chi connectivity index (χ3n) is 5.00. The summed E-state index contributed by atoms with van der Waals surface area (Å²) in [7, 11) is 1.69. The van der Waals surface area contributed by atoms with Crippen molar-refractivity contribution in [1.29, 1.82) is 0 Å². The van der Waals surface area contributed by atoms with Crippen LogP contribution in [0.4, 0.5) is 0 Å². The summed E-state index contributed by atoms with van der Waals surface area (Å²) in [5.41, 5.74) is 4.59. The van der Waals surface area contributed by atoms with E-state index in [1.807, 2.05) is 44.2 Å². The minimum Gasteiger partial charge on any atom is -0.496 e. The second-order valence-electron chi connectivity index (χ2n) is 7.91. The van der Waals surface area contributed by atoms with Crippen LogP contribution in [0.2, 0.25) is 0 Å². The van der Waals surface area contributed by atoms with Gasteiger partial charge in [0.15, 0.2) is 6.61 Å². The van der Waals surface area contributed by atoms with Crippen LogP contribution in [0.5, 0.6) is 11.5 Å². The largest absolute Gasteiger partial charge is 0.496 e. The molecular weight excluding hydrogens is 350 g/mol. The number of carbonyl (C=O) groups is 1. The summed E-state index contributed by atoms with van der Waals surface area (Å²) < 4.78 is 11.1. The monoisotopic (exact) mass is 383 g/mol. The Labute approximate surface area is 169 Å². The summed E-state index contributed by atoms with van der Waals surface area (Å²) in [5, 5.41) is 3.04. The molecule has 0 aromatic heterocycles. The van der Waals surface area contributed by atoms with Gasteiger partial charge < -0.3 is 14.8 Å². The van der Waals surface area contributed by atoms with Crippen LogP contribution in [-0.2, 0) is 4.79 Å². The van der Waals surface area contributed by atoms with Gasteiger partial charge in [0.2, 0.25) is 0 Å². The molecule has 0 bridgehead atoms. The highest BCUT2D eigenvalue weighted by atomic mass is 16.5. The van der Waals surface area contributed by atoms with Gasteiger partial charge in [-0.1, -0.05) is 39.8 Å². The number of hydrogen-bond donors (Lipinski definition) is 1. The molecule has 1 amide bonds. The first-order chi connectivity index (χ1) is 13.2. The fraction of sp³-hybridized carbons (Fsp3) is 0.458. The molecule has 2 aromatic carbocycles. The summed E-state index contributed by atoms with van der Waals surface area (Å²) in [5.74, 6) is 2.27. The Balaban J connectivity index is 2.01. The quantitative estimate of drug-likeness (QED) is 0.654. The summed E-state index contributed by atoms with van der Waals surface area (Å²) in [4.78, 5) is 12.4. The lowest BCUT2D eigenvalue weighted by Gasteiger charge is -2.21. The van der Waals surface area contributed by atoms with Gasteiger partial charge in [0, 0.05) is 0 Å². The van der Waals surface area contributed by atoms with Crippen molar-refractivity contribution in [2.24, 2.45) is 0 Å². The minimum atomic E-state index is -0.137. The second kappa shape index (κ2) is 9.63. The molecule has 0 unspecified atom stereocenters. The lowest BCUT2D eigenvalue weighted by atomic mass is 9.93. The normalized spacial score (nSPS) is 12.2. The summed E-state index contributed by atoms with van der Waals surface area (Å²) >= 11 is 0. The van der Waals surface area contributed by atoms with E-state index in [2.05, 4.69) is 39.1 Å². The van der Waals surface area contributed by atoms with E-state index in [1.54, 1.807) is 7.11 Å². The fourth-order valence-electron chi connectivity index (χ4n) is 3.27. The maximum atomic E-state index is 12.4. The van der Waals surface area contributed by atoms with Crippen molar-refractivity contribution in [2.45, 2.75) is 59.4 Å². The molecule has 0 radical (unpaired) electrons. The molecule has 1 atom stereocenters. The Morgan fingerprint density at radius 1 is 0.964 bits per heavy atom. The van der Waals surface area contributed by atoms with Crippen molar-refractivity contribution < 1.29 is 14.3 Å². The third kappa shape index (κ3) is 5.51. The van der Waals surface area contributed by atoms with Gasteiger partial charge in [-0.15, -0.1) is 0 Å². The van der Waals surface area contributed by atoms with E-state index in [9.17, 15) is 4.79 Å². The molecule has 0 heterocycles. The Morgan fingerprint density at radius 3 is 2.14 bits per heavy atom. The molecule has 0 saturated heterocycles. The molecule has 152 valence electrons. The zero-order valence-corrected chi connectivity index (χ0v) is 18.1. The van der Waals surface area contributed by atoms with Crippen LogP contribution in [0.15, 0.2) is 36.4 Å². The molecule has 0 aliphatic rings. The summed E-state index contributed by atoms with van der Waals surface area (Å²) in [6.07, 6.45) is 0. The number of hydrogen-bond acceptors (Lipinski definition) is 3. The van der Waals surface area contributed by atoms with Gasteiger partial charge in [0.25, 0.3) is 5.91 Å². The molecule has 0 aliphatic heterocycles. The second-order valence-corrected chi connectivity index (χ2v) is 7.91. The molecular formula is C24H33NO3. The van der Waals surface area contributed by atoms with Crippen LogP contribution in [0.25, 0.3) is 0 Å². The maximum absolute atomic E-state index is 12.4. The number of ether oxygens (including phenoxy) is 2. The summed E-state index contributed by atoms with van der Waals surface area (Å²) in [6.45, 7) is 12.6. The van der Waals surface area contributed by atoms with E-state index in [0.29, 0.717) is 17.6 Å². The first kappa shape index (κ1) is 21.8. The van der Waals surface area contributed by atoms with E-state index in [1.165, 1.54) is 5.56 Å². The van der Waals surface area contributed by atoms with Crippen molar-refractivity contribution in [3.8, 4) is 11.5 Å². The van der Waals surface area contributed by atoms with E-state index in [-0.39, 0.29) is 18.6 Å². The first-order valence-corrected chi connectivity index (χ1v) is 9.93. The molecule has 28 heavy (non-hydrogen) atoms. The van der Waals surface area contributed by atoms with Gasteiger partial charge in [-0.3, -0.25) is 4.79 Å². The number of rotatable bonds is 8. The van der Waals surface area contributed by atoms with Crippen LogP contribution in [-0.4, -0.2) is 19.6 Å². The number of aryl methyl sites for hydroxylation is 1. The molecule has 4 heteroatoms. The van der Waals surface area contributed by atoms with E-state index in [0.717, 1.165) is 22.4 Å². The highest BCUT2D eigenvalue weighted by molar-refractivity contribution is 5.78. The smallest absolute Gasteiger partial charge is 0.258 e. The SMILES string of the molecule is COc1cc(C)c([C@@H](C)NC(=O)COc2ccc(C(C)C)cc2)cc1C(C)C. The van der Waals surface area contributed by atoms with Crippen LogP contribution >= 0.6 is 0 Å². The van der Waals surface area contributed by atoms with E-state index in [4.69, 9.17) is 9.47 Å². The zero-order chi connectivity index (χ0) is 20.8. The van der Waals surface area contributed by atoms with Gasteiger partial charge in [-0.2, -0.15) is 0 Å². The Morgan fingerprint density at radius 2 is 1.61 bits per heavy atom. The molecule has 1 N–H and O–H groups in total. The molecule has 0 saturated carbocycles. The van der Waals surface area contributed by atoms with Gasteiger partial charge in [-0.25, -0.2) is 0 Å². The van der Waals surface area contributed by atoms with Crippen molar-refractivity contribution in [2.75, 3.05) is 13.7 Å². The number of methoxy groups -OCH3 is 1. The molecule has 0 fully saturated rings. The minimum absolute atomic E-state index is 0.00238. The molecule has 4 nitrogen and oxygen atoms in total. The molecule has 0 aliphatic carbocycles. The lowest BCUT2D eigenvalue weighted by molar-refractivity contribution is -0.123. The van der Waals surface area contributed by atoms with Gasteiger partial charge in [0.1, 0.15) is 11.5 Å². The molecule has 2 aromatic rings. The average Bonchev–Trinajstić information content (AvgIpc) is 2.65. The van der Waals surface area contributed by atoms with Crippen molar-refractivity contribution in [3.05, 3.63) is 58.7 Å². The van der Waals surface area contributed by atoms with Crippen LogP contribution in [0.3, 0.4) is 0 Å². The molecule has 0 spiro atoms. The van der Waals surface area contributed by atoms with Crippen LogP contribution < -0.4 is 14.8 Å². The number of carbonyl (C=O) groups excluding carboxylic acids is 1. The Bertz CT molecular complexity index is 794. The standard InChI is InChI=1S/C24H33NO3/c1-15(2)19-8-10-20(11-9-19)28-14-24(26)25-18(6)22-13-21(16(3)4)23(27-7)12-17(22)5/h8-13,15-16,18H,14H2,1-7H3,(H,25,26)/t18-/m1/s1. The number of nitrogens with one attached hydrogen (secondary N) is 1. The van der Waals surface area contributed by atoms with Gasteiger partial charge >= 0.3 is 0 Å². The summed E-state index contributed by atoms with van der Waals surface area (Å²) in [6, 6.07) is 12.0. The van der Waals surface area contributed by atoms with Crippen molar-refractivity contribution >= 4 is 5.91 Å². The highest BCUT2D eigenvalue weighted by Gasteiger charge is 2.17. The number of amides is 1. The third-order valence-corrected chi connectivity index (χ3v) is 5.00. The van der Waals surface area contributed by atoms with Gasteiger partial charge in [-0.05, 0) is 72.2 Å². The Kier molecular flexibility index (Phi) is 7.50. The van der Waals surface area contributed by atoms with Crippen molar-refractivity contribution in [1.82, 2.24) is 5.32 Å². The maximum Gasteiger partial charge on any atom is 0.258 e. The molecule has 2 rings (SSSR count). The van der Waals surface area contributed by atoms with E-state index >= 15 is 0 Å². The zero-order valence-electron chi connectivity index (χ0n) is 18.1. The first-order valence-electron chi connectivity index (χ1n) is 9.93. The van der Waals surface area contributed by atoms with Crippen LogP contribution in [0, 0.1) is 6.92 Å². The van der Waals surface area contributed by atoms with Gasteiger partial charge in [0.05, 0.1) is 13.2 Å². The van der Waals surface area contributed by atoms with Crippen LogP contribution in [0.1, 0.15) is 74.8 Å². The predicted molar refractivity (Wildman–Crippen MR) is 114 cm³/mol. The topological polar surface area (TPSA) is 47.6 Å². The lowest BCUT2D eigenvalue weighted by Crippen LogP contribution is -2.31. The Hall–Kier alpha value is -2.49. The number of benzene rings is 2.